The first-order chi connectivity index (χ1) is 5.93. The molecular formula is C10H7NO. The van der Waals surface area contributed by atoms with E-state index in [1.54, 1.807) is 6.26 Å². The Morgan fingerprint density at radius 2 is 1.83 bits per heavy atom. The number of nitrogens with one attached hydrogen (secondary N) is 1. The zero-order valence-corrected chi connectivity index (χ0v) is 6.37. The van der Waals surface area contributed by atoms with Gasteiger partial charge >= 0.3 is 0 Å². The van der Waals surface area contributed by atoms with Crippen LogP contribution in [-0.4, -0.2) is 5.16 Å². The van der Waals surface area contributed by atoms with Crippen LogP contribution in [-0.2, 0) is 0 Å². The smallest absolute Gasteiger partial charge is 0.128 e. The van der Waals surface area contributed by atoms with E-state index in [2.05, 4.69) is 35.5 Å². The van der Waals surface area contributed by atoms with E-state index in [-0.39, 0.29) is 0 Å². The zero-order chi connectivity index (χ0) is 7.97. The van der Waals surface area contributed by atoms with Crippen molar-refractivity contribution in [2.24, 2.45) is 0 Å². The number of hydrogen-bond donors (Lipinski definition) is 1. The molecule has 0 bridgehead atoms. The lowest BCUT2D eigenvalue weighted by Crippen LogP contribution is -1.66. The molecule has 0 radical (unpaired) electrons. The maximum atomic E-state index is 4.98. The second-order valence-corrected chi connectivity index (χ2v) is 2.93. The first kappa shape index (κ1) is 5.89. The Hall–Kier alpha value is -1.70. The Kier molecular flexibility index (Phi) is 0.939. The predicted octanol–water partition coefficient (Wildman–Crippen LogP) is 2.91. The van der Waals surface area contributed by atoms with Gasteiger partial charge in [0.05, 0.1) is 5.52 Å². The summed E-state index contributed by atoms with van der Waals surface area (Å²) in [5, 5.41) is 6.46. The topological polar surface area (TPSA) is 28.9 Å². The van der Waals surface area contributed by atoms with Crippen LogP contribution in [0.2, 0.25) is 0 Å². The van der Waals surface area contributed by atoms with Crippen molar-refractivity contribution in [2.75, 3.05) is 0 Å². The molecule has 1 aromatic heterocycles. The Morgan fingerprint density at radius 1 is 1.00 bits per heavy atom. The van der Waals surface area contributed by atoms with Gasteiger partial charge < -0.3 is 4.52 Å². The van der Waals surface area contributed by atoms with Gasteiger partial charge in [0.2, 0.25) is 0 Å². The van der Waals surface area contributed by atoms with Gasteiger partial charge in [-0.05, 0) is 22.9 Å². The summed E-state index contributed by atoms with van der Waals surface area (Å²) in [4.78, 5) is 0. The van der Waals surface area contributed by atoms with Crippen LogP contribution in [0.15, 0.2) is 41.1 Å². The van der Waals surface area contributed by atoms with Crippen molar-refractivity contribution >= 4 is 21.7 Å². The number of rotatable bonds is 0. The van der Waals surface area contributed by atoms with Crippen molar-refractivity contribution in [1.29, 1.82) is 0 Å². The van der Waals surface area contributed by atoms with Gasteiger partial charge in [-0.2, -0.15) is 0 Å². The molecule has 1 heterocycles. The van der Waals surface area contributed by atoms with E-state index < -0.39 is 0 Å². The van der Waals surface area contributed by atoms with Crippen molar-refractivity contribution in [3.05, 3.63) is 36.6 Å². The largest absolute Gasteiger partial charge is 0.389 e. The fraction of sp³-hybridized carbons (Fsp3) is 0. The number of fused-ring (bicyclic) bond motifs is 2. The van der Waals surface area contributed by atoms with Crippen molar-refractivity contribution in [3.8, 4) is 0 Å². The van der Waals surface area contributed by atoms with Crippen LogP contribution in [0.4, 0.5) is 0 Å². The van der Waals surface area contributed by atoms with Gasteiger partial charge in [-0.1, -0.05) is 18.2 Å². The van der Waals surface area contributed by atoms with E-state index in [1.165, 1.54) is 10.8 Å². The number of benzene rings is 1. The zero-order valence-electron chi connectivity index (χ0n) is 6.37. The summed E-state index contributed by atoms with van der Waals surface area (Å²) in [6.07, 6.45) is 1.72. The fourth-order valence-electron chi connectivity index (χ4n) is 1.54. The summed E-state index contributed by atoms with van der Waals surface area (Å²) < 4.78 is 4.98. The van der Waals surface area contributed by atoms with Crippen LogP contribution < -0.4 is 0 Å². The third kappa shape index (κ3) is 0.639. The van der Waals surface area contributed by atoms with Gasteiger partial charge in [0.15, 0.2) is 0 Å². The average molecular weight is 157 g/mol. The van der Waals surface area contributed by atoms with Crippen LogP contribution in [0.5, 0.6) is 0 Å². The SMILES string of the molecule is c1cc2cc3co[nH]c3cc2c1. The molecule has 0 atom stereocenters. The quantitative estimate of drug-likeness (QED) is 0.534. The third-order valence-corrected chi connectivity index (χ3v) is 2.16. The molecule has 0 spiro atoms. The summed E-state index contributed by atoms with van der Waals surface area (Å²) in [5.41, 5.74) is 1.05. The molecule has 2 aromatic carbocycles. The van der Waals surface area contributed by atoms with Crippen molar-refractivity contribution in [1.82, 2.24) is 5.16 Å². The molecule has 0 saturated carbocycles. The predicted molar refractivity (Wildman–Crippen MR) is 48.1 cm³/mol. The molecule has 0 amide bonds. The molecule has 0 aliphatic heterocycles. The maximum absolute atomic E-state index is 4.98. The van der Waals surface area contributed by atoms with Crippen LogP contribution in [0.1, 0.15) is 0 Å². The number of H-pyrrole nitrogens is 1. The maximum Gasteiger partial charge on any atom is 0.128 e. The fourth-order valence-corrected chi connectivity index (χ4v) is 1.54. The summed E-state index contributed by atoms with van der Waals surface area (Å²) in [6.45, 7) is 0. The van der Waals surface area contributed by atoms with Gasteiger partial charge in [-0.3, -0.25) is 0 Å². The summed E-state index contributed by atoms with van der Waals surface area (Å²) in [6, 6.07) is 10.5. The van der Waals surface area contributed by atoms with Crippen molar-refractivity contribution in [3.63, 3.8) is 0 Å². The van der Waals surface area contributed by atoms with E-state index in [1.807, 2.05) is 0 Å². The van der Waals surface area contributed by atoms with Gasteiger partial charge in [0.1, 0.15) is 6.26 Å². The molecule has 3 aromatic rings. The molecule has 3 rings (SSSR count). The number of aromatic nitrogens is 1. The van der Waals surface area contributed by atoms with Gasteiger partial charge in [0.25, 0.3) is 0 Å². The molecule has 0 unspecified atom stereocenters. The normalized spacial score (nSPS) is 11.3. The van der Waals surface area contributed by atoms with Gasteiger partial charge in [0, 0.05) is 5.39 Å². The van der Waals surface area contributed by atoms with E-state index in [4.69, 9.17) is 4.52 Å². The molecule has 0 saturated heterocycles. The molecule has 0 aliphatic rings. The molecule has 12 heavy (non-hydrogen) atoms. The highest BCUT2D eigenvalue weighted by Gasteiger charge is 1.98. The Morgan fingerprint density at radius 3 is 2.75 bits per heavy atom. The highest BCUT2D eigenvalue weighted by Crippen LogP contribution is 2.22. The van der Waals surface area contributed by atoms with Crippen LogP contribution >= 0.6 is 0 Å². The molecule has 58 valence electrons. The Balaban J connectivity index is 2.62. The van der Waals surface area contributed by atoms with Crippen molar-refractivity contribution < 1.29 is 4.52 Å². The molecule has 0 fully saturated rings. The number of aromatic amines is 1. The lowest BCUT2D eigenvalue weighted by molar-refractivity contribution is 0.428. The molecular weight excluding hydrogens is 150 g/mol. The minimum atomic E-state index is 1.05. The standard InChI is InChI=1S/C10H7NO/c1-2-7-4-9-6-12-11-10(9)5-8(7)3-1/h1-6,11H. The highest BCUT2D eigenvalue weighted by molar-refractivity contribution is 5.96. The van der Waals surface area contributed by atoms with E-state index in [0.29, 0.717) is 0 Å². The van der Waals surface area contributed by atoms with Crippen LogP contribution in [0.25, 0.3) is 21.7 Å². The molecule has 1 N–H and O–H groups in total. The molecule has 2 nitrogen and oxygen atoms in total. The summed E-state index contributed by atoms with van der Waals surface area (Å²) in [7, 11) is 0. The monoisotopic (exact) mass is 157 g/mol. The molecule has 0 aliphatic carbocycles. The summed E-state index contributed by atoms with van der Waals surface area (Å²) in [5.74, 6) is 0. The minimum absolute atomic E-state index is 1.05. The Labute approximate surface area is 68.7 Å². The third-order valence-electron chi connectivity index (χ3n) is 2.16. The van der Waals surface area contributed by atoms with Crippen LogP contribution in [0.3, 0.4) is 0 Å². The summed E-state index contributed by atoms with van der Waals surface area (Å²) >= 11 is 0. The van der Waals surface area contributed by atoms with E-state index in [0.717, 1.165) is 10.9 Å². The molecule has 2 heteroatoms. The first-order valence-electron chi connectivity index (χ1n) is 3.88. The lowest BCUT2D eigenvalue weighted by atomic mass is 10.2. The number of hydrogen-bond acceptors (Lipinski definition) is 1. The Bertz CT molecular complexity index is 442. The van der Waals surface area contributed by atoms with E-state index in [9.17, 15) is 0 Å². The van der Waals surface area contributed by atoms with Crippen LogP contribution in [0, 0.1) is 0 Å². The second-order valence-electron chi connectivity index (χ2n) is 2.93. The van der Waals surface area contributed by atoms with Gasteiger partial charge in [-0.15, -0.1) is 0 Å². The first-order valence-corrected chi connectivity index (χ1v) is 3.88. The highest BCUT2D eigenvalue weighted by atomic mass is 16.5. The van der Waals surface area contributed by atoms with E-state index >= 15 is 0 Å². The lowest BCUT2D eigenvalue weighted by Gasteiger charge is -1.88. The average Bonchev–Trinajstić information content (AvgIpc) is 2.64. The second kappa shape index (κ2) is 1.91. The van der Waals surface area contributed by atoms with Gasteiger partial charge in [-0.25, -0.2) is 5.16 Å². The van der Waals surface area contributed by atoms with Crippen molar-refractivity contribution in [2.45, 2.75) is 0 Å². The minimum Gasteiger partial charge on any atom is -0.389 e.